The van der Waals surface area contributed by atoms with Crippen LogP contribution in [-0.2, 0) is 21.8 Å². The lowest BCUT2D eigenvalue weighted by Gasteiger charge is -2.29. The first-order valence-corrected chi connectivity index (χ1v) is 10.9. The van der Waals surface area contributed by atoms with E-state index in [2.05, 4.69) is 17.4 Å². The minimum atomic E-state index is -0.490. The van der Waals surface area contributed by atoms with E-state index in [1.807, 2.05) is 69.3 Å². The monoisotopic (exact) mass is 398 g/mol. The number of thioether (sulfide) groups is 1. The minimum Gasteiger partial charge on any atom is -0.352 e. The molecule has 0 unspecified atom stereocenters. The van der Waals surface area contributed by atoms with Crippen molar-refractivity contribution in [2.24, 2.45) is 0 Å². The second-order valence-electron chi connectivity index (χ2n) is 7.14. The van der Waals surface area contributed by atoms with Crippen LogP contribution in [0.4, 0.5) is 0 Å². The van der Waals surface area contributed by atoms with Gasteiger partial charge in [0.2, 0.25) is 11.8 Å². The zero-order valence-corrected chi connectivity index (χ0v) is 17.7. The number of hydrogen-bond acceptors (Lipinski definition) is 3. The lowest BCUT2D eigenvalue weighted by molar-refractivity contribution is -0.138. The molecule has 1 N–H and O–H groups in total. The second kappa shape index (κ2) is 11.5. The zero-order chi connectivity index (χ0) is 20.4. The first-order valence-electron chi connectivity index (χ1n) is 9.73. The fourth-order valence-electron chi connectivity index (χ4n) is 2.89. The first-order chi connectivity index (χ1) is 13.5. The van der Waals surface area contributed by atoms with E-state index in [-0.39, 0.29) is 17.9 Å². The van der Waals surface area contributed by atoms with Crippen molar-refractivity contribution in [3.63, 3.8) is 0 Å². The van der Waals surface area contributed by atoms with E-state index in [0.717, 1.165) is 17.7 Å². The van der Waals surface area contributed by atoms with E-state index in [0.29, 0.717) is 12.3 Å². The topological polar surface area (TPSA) is 49.4 Å². The third kappa shape index (κ3) is 7.39. The van der Waals surface area contributed by atoms with Gasteiger partial charge in [-0.15, -0.1) is 11.8 Å². The number of benzene rings is 2. The number of carbonyl (C=O) groups is 2. The van der Waals surface area contributed by atoms with Gasteiger partial charge >= 0.3 is 0 Å². The molecule has 150 valence electrons. The van der Waals surface area contributed by atoms with Gasteiger partial charge in [0.1, 0.15) is 6.04 Å². The maximum absolute atomic E-state index is 12.9. The number of nitrogens with zero attached hydrogens (tertiary/aromatic N) is 1. The number of nitrogens with one attached hydrogen (secondary N) is 1. The molecule has 4 nitrogen and oxygen atoms in total. The van der Waals surface area contributed by atoms with Crippen molar-refractivity contribution in [3.05, 3.63) is 71.8 Å². The van der Waals surface area contributed by atoms with Crippen LogP contribution in [0, 0.1) is 0 Å². The maximum atomic E-state index is 12.9. The molecular formula is C23H30N2O2S. The van der Waals surface area contributed by atoms with Crippen molar-refractivity contribution >= 4 is 23.6 Å². The highest BCUT2D eigenvalue weighted by atomic mass is 32.2. The Morgan fingerprint density at radius 1 is 0.929 bits per heavy atom. The smallest absolute Gasteiger partial charge is 0.242 e. The predicted molar refractivity (Wildman–Crippen MR) is 117 cm³/mol. The van der Waals surface area contributed by atoms with Crippen molar-refractivity contribution in [1.29, 1.82) is 0 Å². The van der Waals surface area contributed by atoms with Gasteiger partial charge in [-0.2, -0.15) is 0 Å². The molecule has 0 saturated carbocycles. The molecule has 0 fully saturated rings. The van der Waals surface area contributed by atoms with E-state index >= 15 is 0 Å². The molecule has 0 bridgehead atoms. The van der Waals surface area contributed by atoms with Crippen LogP contribution in [-0.4, -0.2) is 41.1 Å². The number of carbonyl (C=O) groups excluding carboxylic acids is 2. The van der Waals surface area contributed by atoms with Crippen molar-refractivity contribution in [1.82, 2.24) is 10.2 Å². The van der Waals surface area contributed by atoms with Gasteiger partial charge in [-0.25, -0.2) is 0 Å². The van der Waals surface area contributed by atoms with Crippen LogP contribution < -0.4 is 5.32 Å². The summed E-state index contributed by atoms with van der Waals surface area (Å²) in [5, 5.41) is 2.92. The summed E-state index contributed by atoms with van der Waals surface area (Å²) in [7, 11) is 0. The normalized spacial score (nSPS) is 11.9. The summed E-state index contributed by atoms with van der Waals surface area (Å²) in [5.41, 5.74) is 2.36. The number of hydrogen-bond donors (Lipinski definition) is 1. The number of rotatable bonds is 10. The Hall–Kier alpha value is -2.27. The van der Waals surface area contributed by atoms with Gasteiger partial charge in [0, 0.05) is 18.3 Å². The van der Waals surface area contributed by atoms with Crippen LogP contribution in [0.2, 0.25) is 0 Å². The second-order valence-corrected chi connectivity index (χ2v) is 8.13. The van der Waals surface area contributed by atoms with Gasteiger partial charge in [-0.3, -0.25) is 9.59 Å². The molecule has 5 heteroatoms. The molecule has 0 radical (unpaired) electrons. The Labute approximate surface area is 172 Å². The quantitative estimate of drug-likeness (QED) is 0.660. The van der Waals surface area contributed by atoms with Crippen LogP contribution in [0.3, 0.4) is 0 Å². The summed E-state index contributed by atoms with van der Waals surface area (Å²) in [6.07, 6.45) is 0.731. The van der Waals surface area contributed by atoms with Gasteiger partial charge in [-0.05, 0) is 38.3 Å². The van der Waals surface area contributed by atoms with E-state index in [9.17, 15) is 9.59 Å². The summed E-state index contributed by atoms with van der Waals surface area (Å²) in [6, 6.07) is 19.7. The average molecular weight is 399 g/mol. The molecule has 0 heterocycles. The molecule has 2 aromatic rings. The van der Waals surface area contributed by atoms with Gasteiger partial charge in [-0.1, -0.05) is 60.7 Å². The van der Waals surface area contributed by atoms with Crippen LogP contribution in [0.1, 0.15) is 31.9 Å². The molecule has 1 atom stereocenters. The lowest BCUT2D eigenvalue weighted by atomic mass is 10.1. The van der Waals surface area contributed by atoms with Crippen LogP contribution in [0.25, 0.3) is 0 Å². The third-order valence-corrected chi connectivity index (χ3v) is 5.41. The Balaban J connectivity index is 1.98. The average Bonchev–Trinajstić information content (AvgIpc) is 2.69. The summed E-state index contributed by atoms with van der Waals surface area (Å²) >= 11 is 1.58. The van der Waals surface area contributed by atoms with E-state index in [1.165, 1.54) is 5.56 Å². The fraction of sp³-hybridized carbons (Fsp3) is 0.391. The van der Waals surface area contributed by atoms with Gasteiger partial charge in [0.25, 0.3) is 0 Å². The van der Waals surface area contributed by atoms with Gasteiger partial charge < -0.3 is 10.2 Å². The molecule has 2 rings (SSSR count). The van der Waals surface area contributed by atoms with Crippen LogP contribution >= 0.6 is 11.8 Å². The summed E-state index contributed by atoms with van der Waals surface area (Å²) in [4.78, 5) is 27.1. The Morgan fingerprint density at radius 2 is 1.50 bits per heavy atom. The SMILES string of the molecule is CC(C)NC(=O)[C@@H](C)N(CCc1ccccc1)C(=O)CSCc1ccccc1. The standard InChI is InChI=1S/C23H30N2O2S/c1-18(2)24-23(27)19(3)25(15-14-20-10-6-4-7-11-20)22(26)17-28-16-21-12-8-5-9-13-21/h4-13,18-19H,14-17H2,1-3H3,(H,24,27)/t19-/m1/s1. The van der Waals surface area contributed by atoms with E-state index in [1.54, 1.807) is 16.7 Å². The van der Waals surface area contributed by atoms with Crippen molar-refractivity contribution in [3.8, 4) is 0 Å². The molecule has 0 aliphatic rings. The molecule has 0 aliphatic heterocycles. The largest absolute Gasteiger partial charge is 0.352 e. The minimum absolute atomic E-state index is 0.00303. The van der Waals surface area contributed by atoms with Gasteiger partial charge in [0.15, 0.2) is 0 Å². The molecule has 0 saturated heterocycles. The van der Waals surface area contributed by atoms with Crippen LogP contribution in [0.15, 0.2) is 60.7 Å². The third-order valence-electron chi connectivity index (χ3n) is 4.42. The Kier molecular flexibility index (Phi) is 9.08. The highest BCUT2D eigenvalue weighted by molar-refractivity contribution is 7.99. The molecule has 2 amide bonds. The fourth-order valence-corrected chi connectivity index (χ4v) is 3.76. The summed E-state index contributed by atoms with van der Waals surface area (Å²) in [5.74, 6) is 1.04. The number of amides is 2. The van der Waals surface area contributed by atoms with Crippen molar-refractivity contribution in [2.75, 3.05) is 12.3 Å². The summed E-state index contributed by atoms with van der Waals surface area (Å²) < 4.78 is 0. The highest BCUT2D eigenvalue weighted by Gasteiger charge is 2.25. The molecule has 28 heavy (non-hydrogen) atoms. The predicted octanol–water partition coefficient (Wildman–Crippen LogP) is 3.90. The van der Waals surface area contributed by atoms with Crippen LogP contribution in [0.5, 0.6) is 0 Å². The van der Waals surface area contributed by atoms with Crippen molar-refractivity contribution < 1.29 is 9.59 Å². The van der Waals surface area contributed by atoms with Crippen molar-refractivity contribution in [2.45, 2.75) is 45.0 Å². The molecule has 0 spiro atoms. The lowest BCUT2D eigenvalue weighted by Crippen LogP contribution is -2.50. The zero-order valence-electron chi connectivity index (χ0n) is 16.9. The molecule has 2 aromatic carbocycles. The summed E-state index contributed by atoms with van der Waals surface area (Å²) in [6.45, 7) is 6.19. The maximum Gasteiger partial charge on any atom is 0.242 e. The highest BCUT2D eigenvalue weighted by Crippen LogP contribution is 2.14. The van der Waals surface area contributed by atoms with E-state index in [4.69, 9.17) is 0 Å². The molecular weight excluding hydrogens is 368 g/mol. The Morgan fingerprint density at radius 3 is 2.07 bits per heavy atom. The van der Waals surface area contributed by atoms with Gasteiger partial charge in [0.05, 0.1) is 5.75 Å². The Bertz CT molecular complexity index is 735. The first kappa shape index (κ1) is 22.0. The molecule has 0 aliphatic carbocycles. The van der Waals surface area contributed by atoms with E-state index < -0.39 is 6.04 Å². The molecule has 0 aromatic heterocycles.